The van der Waals surface area contributed by atoms with Gasteiger partial charge in [0.2, 0.25) is 0 Å². The summed E-state index contributed by atoms with van der Waals surface area (Å²) in [7, 11) is 0. The Morgan fingerprint density at radius 3 is 2.48 bits per heavy atom. The van der Waals surface area contributed by atoms with E-state index in [1.54, 1.807) is 30.3 Å². The Balaban J connectivity index is 1.40. The van der Waals surface area contributed by atoms with E-state index < -0.39 is 0 Å². The third-order valence-corrected chi connectivity index (χ3v) is 4.50. The van der Waals surface area contributed by atoms with Gasteiger partial charge in [-0.3, -0.25) is 4.79 Å². The monoisotopic (exact) mass is 406 g/mol. The molecule has 1 N–H and O–H groups in total. The zero-order chi connectivity index (χ0) is 21.5. The van der Waals surface area contributed by atoms with Crippen molar-refractivity contribution in [1.82, 2.24) is 9.97 Å². The molecule has 150 valence electrons. The topological polar surface area (TPSA) is 87.9 Å². The summed E-state index contributed by atoms with van der Waals surface area (Å²) in [6.45, 7) is 0.321. The average Bonchev–Trinajstić information content (AvgIpc) is 2.84. The second kappa shape index (κ2) is 9.33. The number of hydrogen-bond acceptors (Lipinski definition) is 5. The highest BCUT2D eigenvalue weighted by Crippen LogP contribution is 2.20. The van der Waals surface area contributed by atoms with Crippen molar-refractivity contribution in [2.75, 3.05) is 5.32 Å². The molecular weight excluding hydrogens is 388 g/mol. The molecule has 31 heavy (non-hydrogen) atoms. The number of hydrogen-bond donors (Lipinski definition) is 1. The predicted octanol–water partition coefficient (Wildman–Crippen LogP) is 4.85. The van der Waals surface area contributed by atoms with E-state index in [1.807, 2.05) is 48.5 Å². The average molecular weight is 406 g/mol. The molecule has 0 saturated carbocycles. The molecule has 0 aliphatic rings. The number of nitriles is 1. The number of nitrogens with zero attached hydrogens (tertiary/aromatic N) is 3. The van der Waals surface area contributed by atoms with E-state index in [4.69, 9.17) is 10.00 Å². The Morgan fingerprint density at radius 1 is 0.935 bits per heavy atom. The molecule has 1 amide bonds. The molecule has 4 rings (SSSR count). The van der Waals surface area contributed by atoms with E-state index in [2.05, 4.69) is 21.4 Å². The minimum absolute atomic E-state index is 0.307. The standard InChI is InChI=1S/C25H18N4O2/c26-14-18-6-4-7-19(12-18)17-31-23-11-5-10-22(13-23)29-25(30)21-15-27-24(28-16-21)20-8-2-1-3-9-20/h1-13,15-16H,17H2,(H,29,30). The van der Waals surface area contributed by atoms with Crippen molar-refractivity contribution in [3.63, 3.8) is 0 Å². The van der Waals surface area contributed by atoms with Gasteiger partial charge in [0.15, 0.2) is 5.82 Å². The van der Waals surface area contributed by atoms with Crippen molar-refractivity contribution in [3.8, 4) is 23.2 Å². The van der Waals surface area contributed by atoms with Crippen molar-refractivity contribution in [1.29, 1.82) is 5.26 Å². The Morgan fingerprint density at radius 2 is 1.71 bits per heavy atom. The fourth-order valence-corrected chi connectivity index (χ4v) is 2.95. The van der Waals surface area contributed by atoms with Crippen LogP contribution in [0.1, 0.15) is 21.5 Å². The summed E-state index contributed by atoms with van der Waals surface area (Å²) in [6.07, 6.45) is 3.01. The second-order valence-electron chi connectivity index (χ2n) is 6.74. The third kappa shape index (κ3) is 5.11. The van der Waals surface area contributed by atoms with Crippen LogP contribution in [0.2, 0.25) is 0 Å². The number of aromatic nitrogens is 2. The van der Waals surface area contributed by atoms with Crippen LogP contribution in [0, 0.1) is 11.3 Å². The van der Waals surface area contributed by atoms with Crippen LogP contribution in [0.15, 0.2) is 91.3 Å². The Bertz CT molecular complexity index is 1230. The number of amides is 1. The molecule has 1 aromatic heterocycles. The number of ether oxygens (including phenoxy) is 1. The van der Waals surface area contributed by atoms with Gasteiger partial charge in [-0.15, -0.1) is 0 Å². The van der Waals surface area contributed by atoms with E-state index in [9.17, 15) is 4.79 Å². The molecule has 0 aliphatic carbocycles. The smallest absolute Gasteiger partial charge is 0.258 e. The predicted molar refractivity (Wildman–Crippen MR) is 117 cm³/mol. The molecule has 4 aromatic rings. The summed E-state index contributed by atoms with van der Waals surface area (Å²) >= 11 is 0. The first-order valence-corrected chi connectivity index (χ1v) is 9.62. The molecule has 0 saturated heterocycles. The van der Waals surface area contributed by atoms with Crippen LogP contribution >= 0.6 is 0 Å². The number of anilines is 1. The molecule has 6 heteroatoms. The lowest BCUT2D eigenvalue weighted by Crippen LogP contribution is -2.13. The van der Waals surface area contributed by atoms with Gasteiger partial charge in [-0.05, 0) is 29.8 Å². The van der Waals surface area contributed by atoms with Gasteiger partial charge in [0, 0.05) is 29.7 Å². The van der Waals surface area contributed by atoms with Crippen LogP contribution in [0.5, 0.6) is 5.75 Å². The zero-order valence-electron chi connectivity index (χ0n) is 16.5. The van der Waals surface area contributed by atoms with Gasteiger partial charge in [-0.25, -0.2) is 9.97 Å². The maximum absolute atomic E-state index is 12.6. The van der Waals surface area contributed by atoms with Gasteiger partial charge in [0.05, 0.1) is 17.2 Å². The summed E-state index contributed by atoms with van der Waals surface area (Å²) in [6, 6.07) is 26.0. The largest absolute Gasteiger partial charge is 0.489 e. The first-order valence-electron chi connectivity index (χ1n) is 9.62. The summed E-state index contributed by atoms with van der Waals surface area (Å²) in [5.41, 5.74) is 3.33. The first kappa shape index (κ1) is 19.8. The summed E-state index contributed by atoms with van der Waals surface area (Å²) < 4.78 is 5.80. The lowest BCUT2D eigenvalue weighted by atomic mass is 10.1. The molecule has 0 fully saturated rings. The van der Waals surface area contributed by atoms with E-state index in [0.717, 1.165) is 11.1 Å². The third-order valence-electron chi connectivity index (χ3n) is 4.50. The number of carbonyl (C=O) groups is 1. The fraction of sp³-hybridized carbons (Fsp3) is 0.0400. The summed E-state index contributed by atoms with van der Waals surface area (Å²) in [5, 5.41) is 11.8. The minimum Gasteiger partial charge on any atom is -0.489 e. The highest BCUT2D eigenvalue weighted by atomic mass is 16.5. The fourth-order valence-electron chi connectivity index (χ4n) is 2.95. The molecule has 0 bridgehead atoms. The molecule has 0 aliphatic heterocycles. The van der Waals surface area contributed by atoms with Crippen molar-refractivity contribution in [2.45, 2.75) is 6.61 Å². The van der Waals surface area contributed by atoms with Gasteiger partial charge in [0.25, 0.3) is 5.91 Å². The molecule has 3 aromatic carbocycles. The molecule has 0 radical (unpaired) electrons. The SMILES string of the molecule is N#Cc1cccc(COc2cccc(NC(=O)c3cnc(-c4ccccc4)nc3)c2)c1. The van der Waals surface area contributed by atoms with Gasteiger partial charge in [-0.1, -0.05) is 48.5 Å². The maximum Gasteiger partial charge on any atom is 0.258 e. The summed E-state index contributed by atoms with van der Waals surface area (Å²) in [4.78, 5) is 21.1. The van der Waals surface area contributed by atoms with Gasteiger partial charge < -0.3 is 10.1 Å². The van der Waals surface area contributed by atoms with E-state index >= 15 is 0 Å². The number of rotatable bonds is 6. The van der Waals surface area contributed by atoms with Gasteiger partial charge in [0.1, 0.15) is 12.4 Å². The van der Waals surface area contributed by atoms with Crippen LogP contribution in [-0.4, -0.2) is 15.9 Å². The molecule has 6 nitrogen and oxygen atoms in total. The second-order valence-corrected chi connectivity index (χ2v) is 6.74. The Kier molecular flexibility index (Phi) is 5.96. The number of nitrogens with one attached hydrogen (secondary N) is 1. The van der Waals surface area contributed by atoms with Crippen LogP contribution < -0.4 is 10.1 Å². The molecular formula is C25H18N4O2. The van der Waals surface area contributed by atoms with Crippen molar-refractivity contribution in [2.24, 2.45) is 0 Å². The molecule has 0 unspecified atom stereocenters. The molecule has 0 atom stereocenters. The number of benzene rings is 3. The van der Waals surface area contributed by atoms with Crippen molar-refractivity contribution >= 4 is 11.6 Å². The zero-order valence-corrected chi connectivity index (χ0v) is 16.5. The van der Waals surface area contributed by atoms with Gasteiger partial charge in [-0.2, -0.15) is 5.26 Å². The van der Waals surface area contributed by atoms with Crippen LogP contribution in [0.4, 0.5) is 5.69 Å². The van der Waals surface area contributed by atoms with Crippen LogP contribution in [-0.2, 0) is 6.61 Å². The quantitative estimate of drug-likeness (QED) is 0.495. The van der Waals surface area contributed by atoms with Crippen molar-refractivity contribution in [3.05, 3.63) is 108 Å². The molecule has 0 spiro atoms. The van der Waals surface area contributed by atoms with E-state index in [-0.39, 0.29) is 5.91 Å². The van der Waals surface area contributed by atoms with E-state index in [0.29, 0.717) is 35.0 Å². The maximum atomic E-state index is 12.6. The molecule has 1 heterocycles. The van der Waals surface area contributed by atoms with E-state index in [1.165, 1.54) is 12.4 Å². The Labute approximate surface area is 179 Å². The van der Waals surface area contributed by atoms with Crippen LogP contribution in [0.3, 0.4) is 0 Å². The lowest BCUT2D eigenvalue weighted by molar-refractivity contribution is 0.102. The first-order chi connectivity index (χ1) is 15.2. The lowest BCUT2D eigenvalue weighted by Gasteiger charge is -2.10. The van der Waals surface area contributed by atoms with Gasteiger partial charge >= 0.3 is 0 Å². The normalized spacial score (nSPS) is 10.2. The summed E-state index contributed by atoms with van der Waals surface area (Å²) in [5.74, 6) is 0.863. The highest BCUT2D eigenvalue weighted by Gasteiger charge is 2.09. The minimum atomic E-state index is -0.307. The highest BCUT2D eigenvalue weighted by molar-refractivity contribution is 6.04. The van der Waals surface area contributed by atoms with Crippen LogP contribution in [0.25, 0.3) is 11.4 Å². The number of carbonyl (C=O) groups excluding carboxylic acids is 1. The van der Waals surface area contributed by atoms with Crippen molar-refractivity contribution < 1.29 is 9.53 Å². The Hall–Kier alpha value is -4.50.